The first-order chi connectivity index (χ1) is 13.5. The summed E-state index contributed by atoms with van der Waals surface area (Å²) in [6, 6.07) is 4.05. The molecule has 1 aliphatic rings. The van der Waals surface area contributed by atoms with Crippen LogP contribution in [0.2, 0.25) is 5.02 Å². The summed E-state index contributed by atoms with van der Waals surface area (Å²) >= 11 is 6.30. The Bertz CT molecular complexity index is 612. The molecule has 0 amide bonds. The Balaban J connectivity index is 1.92. The van der Waals surface area contributed by atoms with Crippen molar-refractivity contribution in [3.8, 4) is 0 Å². The summed E-state index contributed by atoms with van der Waals surface area (Å²) in [6.07, 6.45) is 3.91. The normalized spacial score (nSPS) is 18.6. The first kappa shape index (κ1) is 22.7. The number of hydrogen-bond donors (Lipinski definition) is 2. The summed E-state index contributed by atoms with van der Waals surface area (Å²) in [6.45, 7) is 9.08. The van der Waals surface area contributed by atoms with Gasteiger partial charge in [0.15, 0.2) is 5.96 Å². The van der Waals surface area contributed by atoms with Crippen molar-refractivity contribution in [2.45, 2.75) is 38.8 Å². The molecule has 0 spiro atoms. The zero-order valence-electron chi connectivity index (χ0n) is 17.6. The Morgan fingerprint density at radius 3 is 2.96 bits per heavy atom. The number of ether oxygens (including phenoxy) is 1. The minimum Gasteiger partial charge on any atom is -0.377 e. The topological polar surface area (TPSA) is 65.0 Å². The average Bonchev–Trinajstić information content (AvgIpc) is 3.12. The van der Waals surface area contributed by atoms with Crippen LogP contribution in [0.5, 0.6) is 0 Å². The predicted molar refractivity (Wildman–Crippen MR) is 118 cm³/mol. The van der Waals surface area contributed by atoms with E-state index in [4.69, 9.17) is 21.3 Å². The van der Waals surface area contributed by atoms with Gasteiger partial charge in [0.25, 0.3) is 0 Å². The quantitative estimate of drug-likeness (QED) is 0.455. The van der Waals surface area contributed by atoms with E-state index in [1.807, 2.05) is 19.1 Å². The first-order valence-corrected chi connectivity index (χ1v) is 10.6. The van der Waals surface area contributed by atoms with Gasteiger partial charge >= 0.3 is 0 Å². The Morgan fingerprint density at radius 2 is 2.29 bits per heavy atom. The van der Waals surface area contributed by atoms with E-state index in [2.05, 4.69) is 46.4 Å². The minimum atomic E-state index is 0.134. The molecule has 2 atom stereocenters. The molecule has 0 aromatic carbocycles. The van der Waals surface area contributed by atoms with Crippen molar-refractivity contribution < 1.29 is 4.74 Å². The fourth-order valence-electron chi connectivity index (χ4n) is 3.25. The molecule has 0 bridgehead atoms. The number of aliphatic imine (C=N–C) groups is 1. The third-order valence-corrected chi connectivity index (χ3v) is 4.96. The summed E-state index contributed by atoms with van der Waals surface area (Å²) < 4.78 is 5.86. The number of anilines is 1. The van der Waals surface area contributed by atoms with Gasteiger partial charge in [-0.25, -0.2) is 4.98 Å². The minimum absolute atomic E-state index is 0.134. The Kier molecular flexibility index (Phi) is 9.81. The second-order valence-corrected chi connectivity index (χ2v) is 7.68. The lowest BCUT2D eigenvalue weighted by atomic mass is 10.2. The van der Waals surface area contributed by atoms with Gasteiger partial charge < -0.3 is 25.2 Å². The number of halogens is 1. The van der Waals surface area contributed by atoms with E-state index < -0.39 is 0 Å². The van der Waals surface area contributed by atoms with Crippen LogP contribution in [0.15, 0.2) is 23.3 Å². The van der Waals surface area contributed by atoms with Crippen LogP contribution in [0.25, 0.3) is 0 Å². The van der Waals surface area contributed by atoms with Crippen molar-refractivity contribution >= 4 is 23.4 Å². The number of pyridine rings is 1. The number of hydrogen-bond acceptors (Lipinski definition) is 5. The molecule has 158 valence electrons. The average molecular weight is 411 g/mol. The lowest BCUT2D eigenvalue weighted by molar-refractivity contribution is 0.0582. The number of nitrogens with zero attached hydrogens (tertiary/aromatic N) is 4. The van der Waals surface area contributed by atoms with Crippen molar-refractivity contribution in [2.75, 3.05) is 58.3 Å². The Hall–Kier alpha value is -1.57. The van der Waals surface area contributed by atoms with Gasteiger partial charge in [0.1, 0.15) is 5.82 Å². The summed E-state index contributed by atoms with van der Waals surface area (Å²) in [5.41, 5.74) is 0. The van der Waals surface area contributed by atoms with Gasteiger partial charge in [0, 0.05) is 45.0 Å². The zero-order chi connectivity index (χ0) is 20.4. The summed E-state index contributed by atoms with van der Waals surface area (Å²) in [5.74, 6) is 1.70. The summed E-state index contributed by atoms with van der Waals surface area (Å²) in [4.78, 5) is 13.6. The Morgan fingerprint density at radius 1 is 1.46 bits per heavy atom. The maximum atomic E-state index is 6.30. The molecule has 0 aliphatic carbocycles. The van der Waals surface area contributed by atoms with E-state index in [1.165, 1.54) is 0 Å². The zero-order valence-corrected chi connectivity index (χ0v) is 18.4. The van der Waals surface area contributed by atoms with Crippen LogP contribution in [0, 0.1) is 0 Å². The van der Waals surface area contributed by atoms with Gasteiger partial charge in [-0.1, -0.05) is 11.6 Å². The molecule has 0 saturated carbocycles. The van der Waals surface area contributed by atoms with E-state index in [0.717, 1.165) is 50.8 Å². The van der Waals surface area contributed by atoms with Gasteiger partial charge in [-0.15, -0.1) is 0 Å². The van der Waals surface area contributed by atoms with Crippen molar-refractivity contribution in [3.63, 3.8) is 0 Å². The van der Waals surface area contributed by atoms with Gasteiger partial charge in [-0.3, -0.25) is 4.99 Å². The molecule has 28 heavy (non-hydrogen) atoms. The monoisotopic (exact) mass is 410 g/mol. The lowest BCUT2D eigenvalue weighted by Gasteiger charge is -2.21. The van der Waals surface area contributed by atoms with Crippen molar-refractivity contribution in [2.24, 2.45) is 4.99 Å². The second-order valence-electron chi connectivity index (χ2n) is 7.27. The third-order valence-electron chi connectivity index (χ3n) is 4.67. The molecule has 2 N–H and O–H groups in total. The maximum Gasteiger partial charge on any atom is 0.191 e. The van der Waals surface area contributed by atoms with Crippen molar-refractivity contribution in [1.82, 2.24) is 20.5 Å². The molecule has 1 aromatic rings. The van der Waals surface area contributed by atoms with Crippen LogP contribution in [-0.4, -0.2) is 81.4 Å². The van der Waals surface area contributed by atoms with Gasteiger partial charge in [-0.05, 0) is 52.9 Å². The smallest absolute Gasteiger partial charge is 0.191 e. The van der Waals surface area contributed by atoms with E-state index in [1.54, 1.807) is 6.20 Å². The maximum absolute atomic E-state index is 6.30. The van der Waals surface area contributed by atoms with Gasteiger partial charge in [-0.2, -0.15) is 0 Å². The van der Waals surface area contributed by atoms with Crippen molar-refractivity contribution in [3.05, 3.63) is 23.4 Å². The molecule has 1 aromatic heterocycles. The van der Waals surface area contributed by atoms with Crippen LogP contribution < -0.4 is 15.5 Å². The van der Waals surface area contributed by atoms with Crippen LogP contribution in [0.4, 0.5) is 5.82 Å². The molecule has 2 unspecified atom stereocenters. The van der Waals surface area contributed by atoms with E-state index >= 15 is 0 Å². The van der Waals surface area contributed by atoms with Crippen LogP contribution in [0.3, 0.4) is 0 Å². The number of rotatable bonds is 10. The number of nitrogens with one attached hydrogen (secondary N) is 2. The molecule has 1 fully saturated rings. The van der Waals surface area contributed by atoms with E-state index in [9.17, 15) is 0 Å². The predicted octanol–water partition coefficient (Wildman–Crippen LogP) is 2.23. The highest BCUT2D eigenvalue weighted by atomic mass is 35.5. The highest BCUT2D eigenvalue weighted by Gasteiger charge is 2.25. The third kappa shape index (κ3) is 7.45. The van der Waals surface area contributed by atoms with Crippen LogP contribution in [-0.2, 0) is 4.74 Å². The molecule has 8 heteroatoms. The standard InChI is InChI=1S/C20H35ClN6O/c1-5-22-20(24-14-17(28-6-2)10-12-26(3)4)25-16-9-13-27(15-16)19-18(21)8-7-11-23-19/h7-8,11,16-17H,5-6,9-10,12-15H2,1-4H3,(H2,22,24,25). The molecule has 7 nitrogen and oxygen atoms in total. The molecule has 1 saturated heterocycles. The van der Waals surface area contributed by atoms with Crippen LogP contribution >= 0.6 is 11.6 Å². The Labute approximate surface area is 174 Å². The first-order valence-electron chi connectivity index (χ1n) is 10.2. The van der Waals surface area contributed by atoms with Gasteiger partial charge in [0.05, 0.1) is 17.7 Å². The lowest BCUT2D eigenvalue weighted by Crippen LogP contribution is -2.45. The van der Waals surface area contributed by atoms with Crippen LogP contribution in [0.1, 0.15) is 26.7 Å². The molecule has 2 rings (SSSR count). The fraction of sp³-hybridized carbons (Fsp3) is 0.700. The van der Waals surface area contributed by atoms with Crippen molar-refractivity contribution in [1.29, 1.82) is 0 Å². The highest BCUT2D eigenvalue weighted by Crippen LogP contribution is 2.25. The highest BCUT2D eigenvalue weighted by molar-refractivity contribution is 6.32. The molecule has 2 heterocycles. The van der Waals surface area contributed by atoms with E-state index in [-0.39, 0.29) is 6.10 Å². The van der Waals surface area contributed by atoms with E-state index in [0.29, 0.717) is 24.2 Å². The van der Waals surface area contributed by atoms with Gasteiger partial charge in [0.2, 0.25) is 0 Å². The molecule has 0 radical (unpaired) electrons. The number of guanidine groups is 1. The largest absolute Gasteiger partial charge is 0.377 e. The SMILES string of the molecule is CCNC(=NCC(CCN(C)C)OCC)NC1CCN(c2ncccc2Cl)C1. The molecular weight excluding hydrogens is 376 g/mol. The molecule has 1 aliphatic heterocycles. The number of aromatic nitrogens is 1. The second kappa shape index (κ2) is 12.1. The summed E-state index contributed by atoms with van der Waals surface area (Å²) in [7, 11) is 4.16. The fourth-order valence-corrected chi connectivity index (χ4v) is 3.49. The molecular formula is C20H35ClN6O. The summed E-state index contributed by atoms with van der Waals surface area (Å²) in [5, 5.41) is 7.61.